The van der Waals surface area contributed by atoms with Crippen molar-refractivity contribution in [1.29, 1.82) is 0 Å². The molecular weight excluding hydrogens is 292 g/mol. The SMILES string of the molecule is COc1cc(NC(=O)c2cccnc2C)c(OC)cc1Cl. The third kappa shape index (κ3) is 3.25. The van der Waals surface area contributed by atoms with Crippen molar-refractivity contribution in [2.75, 3.05) is 19.5 Å². The summed E-state index contributed by atoms with van der Waals surface area (Å²) in [5, 5.41) is 3.19. The monoisotopic (exact) mass is 306 g/mol. The van der Waals surface area contributed by atoms with Crippen LogP contribution in [0.3, 0.4) is 0 Å². The number of hydrogen-bond acceptors (Lipinski definition) is 4. The average Bonchev–Trinajstić information content (AvgIpc) is 2.48. The van der Waals surface area contributed by atoms with E-state index in [4.69, 9.17) is 21.1 Å². The number of rotatable bonds is 4. The lowest BCUT2D eigenvalue weighted by atomic mass is 10.2. The van der Waals surface area contributed by atoms with Crippen LogP contribution in [-0.2, 0) is 0 Å². The van der Waals surface area contributed by atoms with Crippen LogP contribution < -0.4 is 14.8 Å². The van der Waals surface area contributed by atoms with Gasteiger partial charge in [-0.25, -0.2) is 0 Å². The number of carbonyl (C=O) groups excluding carboxylic acids is 1. The number of carbonyl (C=O) groups is 1. The maximum atomic E-state index is 12.3. The molecule has 0 spiro atoms. The summed E-state index contributed by atoms with van der Waals surface area (Å²) in [4.78, 5) is 16.4. The number of aromatic nitrogens is 1. The molecule has 0 fully saturated rings. The highest BCUT2D eigenvalue weighted by atomic mass is 35.5. The molecule has 0 unspecified atom stereocenters. The maximum absolute atomic E-state index is 12.3. The molecule has 1 amide bonds. The highest BCUT2D eigenvalue weighted by Gasteiger charge is 2.15. The van der Waals surface area contributed by atoms with Gasteiger partial charge in [0.15, 0.2) is 0 Å². The molecule has 0 aliphatic heterocycles. The fourth-order valence-corrected chi connectivity index (χ4v) is 2.10. The van der Waals surface area contributed by atoms with Gasteiger partial charge in [-0.1, -0.05) is 11.6 Å². The Morgan fingerprint density at radius 2 is 1.95 bits per heavy atom. The van der Waals surface area contributed by atoms with Crippen LogP contribution in [0.15, 0.2) is 30.5 Å². The standard InChI is InChI=1S/C15H15ClN2O3/c1-9-10(5-4-6-17-9)15(19)18-12-8-13(20-2)11(16)7-14(12)21-3/h4-8H,1-3H3,(H,18,19). The highest BCUT2D eigenvalue weighted by molar-refractivity contribution is 6.32. The number of hydrogen-bond donors (Lipinski definition) is 1. The van der Waals surface area contributed by atoms with E-state index in [-0.39, 0.29) is 5.91 Å². The van der Waals surface area contributed by atoms with E-state index in [1.54, 1.807) is 37.4 Å². The summed E-state index contributed by atoms with van der Waals surface area (Å²) in [6.07, 6.45) is 1.64. The van der Waals surface area contributed by atoms with E-state index in [1.807, 2.05) is 0 Å². The first-order chi connectivity index (χ1) is 10.1. The summed E-state index contributed by atoms with van der Waals surface area (Å²) in [5.74, 6) is 0.634. The molecule has 0 aliphatic rings. The average molecular weight is 307 g/mol. The lowest BCUT2D eigenvalue weighted by Crippen LogP contribution is -2.14. The molecule has 0 atom stereocenters. The van der Waals surface area contributed by atoms with Crippen molar-refractivity contribution in [1.82, 2.24) is 4.98 Å². The third-order valence-electron chi connectivity index (χ3n) is 2.97. The van der Waals surface area contributed by atoms with E-state index < -0.39 is 0 Å². The van der Waals surface area contributed by atoms with Gasteiger partial charge in [-0.2, -0.15) is 0 Å². The maximum Gasteiger partial charge on any atom is 0.257 e. The number of methoxy groups -OCH3 is 2. The first-order valence-corrected chi connectivity index (χ1v) is 6.59. The van der Waals surface area contributed by atoms with Gasteiger partial charge in [0, 0.05) is 24.0 Å². The quantitative estimate of drug-likeness (QED) is 0.941. The number of anilines is 1. The number of pyridine rings is 1. The Labute approximate surface area is 127 Å². The van der Waals surface area contributed by atoms with Crippen molar-refractivity contribution >= 4 is 23.2 Å². The number of nitrogens with one attached hydrogen (secondary N) is 1. The molecule has 2 aromatic rings. The lowest BCUT2D eigenvalue weighted by molar-refractivity contribution is 0.102. The van der Waals surface area contributed by atoms with Crippen LogP contribution in [-0.4, -0.2) is 25.1 Å². The van der Waals surface area contributed by atoms with Gasteiger partial charge >= 0.3 is 0 Å². The van der Waals surface area contributed by atoms with Gasteiger partial charge in [0.1, 0.15) is 11.5 Å². The Kier molecular flexibility index (Phi) is 4.65. The molecule has 6 heteroatoms. The van der Waals surface area contributed by atoms with Crippen molar-refractivity contribution in [3.63, 3.8) is 0 Å². The topological polar surface area (TPSA) is 60.5 Å². The molecule has 0 aliphatic carbocycles. The number of halogens is 1. The Hall–Kier alpha value is -2.27. The van der Waals surface area contributed by atoms with Gasteiger partial charge in [-0.3, -0.25) is 9.78 Å². The summed E-state index contributed by atoms with van der Waals surface area (Å²) >= 11 is 6.03. The van der Waals surface area contributed by atoms with Crippen LogP contribution in [0.25, 0.3) is 0 Å². The minimum absolute atomic E-state index is 0.275. The summed E-state index contributed by atoms with van der Waals surface area (Å²) < 4.78 is 10.4. The second kappa shape index (κ2) is 6.45. The van der Waals surface area contributed by atoms with Crippen molar-refractivity contribution in [3.8, 4) is 11.5 Å². The summed E-state index contributed by atoms with van der Waals surface area (Å²) in [5.41, 5.74) is 1.62. The minimum Gasteiger partial charge on any atom is -0.495 e. The Morgan fingerprint density at radius 1 is 1.24 bits per heavy atom. The van der Waals surface area contributed by atoms with E-state index in [0.717, 1.165) is 0 Å². The van der Waals surface area contributed by atoms with Crippen LogP contribution in [0.5, 0.6) is 11.5 Å². The summed E-state index contributed by atoms with van der Waals surface area (Å²) in [7, 11) is 3.01. The zero-order chi connectivity index (χ0) is 15.4. The van der Waals surface area contributed by atoms with Crippen LogP contribution in [0.1, 0.15) is 16.1 Å². The number of amides is 1. The summed E-state index contributed by atoms with van der Waals surface area (Å²) in [6, 6.07) is 6.62. The van der Waals surface area contributed by atoms with Gasteiger partial charge in [-0.05, 0) is 19.1 Å². The van der Waals surface area contributed by atoms with Gasteiger partial charge in [-0.15, -0.1) is 0 Å². The first kappa shape index (κ1) is 15.1. The minimum atomic E-state index is -0.275. The van der Waals surface area contributed by atoms with Crippen LogP contribution in [0, 0.1) is 6.92 Å². The molecule has 1 aromatic carbocycles. The largest absolute Gasteiger partial charge is 0.495 e. The molecule has 1 heterocycles. The first-order valence-electron chi connectivity index (χ1n) is 6.21. The smallest absolute Gasteiger partial charge is 0.257 e. The third-order valence-corrected chi connectivity index (χ3v) is 3.27. The molecule has 21 heavy (non-hydrogen) atoms. The molecule has 1 N–H and O–H groups in total. The van der Waals surface area contributed by atoms with E-state index in [1.165, 1.54) is 14.2 Å². The fraction of sp³-hybridized carbons (Fsp3) is 0.200. The Morgan fingerprint density at radius 3 is 2.57 bits per heavy atom. The molecule has 0 bridgehead atoms. The number of ether oxygens (including phenoxy) is 2. The molecule has 0 radical (unpaired) electrons. The van der Waals surface area contributed by atoms with Crippen LogP contribution >= 0.6 is 11.6 Å². The number of benzene rings is 1. The molecule has 2 rings (SSSR count). The lowest BCUT2D eigenvalue weighted by Gasteiger charge is -2.13. The van der Waals surface area contributed by atoms with Crippen molar-refractivity contribution in [3.05, 3.63) is 46.7 Å². The summed E-state index contributed by atoms with van der Waals surface area (Å²) in [6.45, 7) is 1.77. The molecule has 5 nitrogen and oxygen atoms in total. The fourth-order valence-electron chi connectivity index (χ4n) is 1.87. The predicted molar refractivity (Wildman–Crippen MR) is 81.5 cm³/mol. The van der Waals surface area contributed by atoms with Crippen LogP contribution in [0.4, 0.5) is 5.69 Å². The van der Waals surface area contributed by atoms with Crippen molar-refractivity contribution in [2.45, 2.75) is 6.92 Å². The van der Waals surface area contributed by atoms with Gasteiger partial charge < -0.3 is 14.8 Å². The molecular formula is C15H15ClN2O3. The number of nitrogens with zero attached hydrogens (tertiary/aromatic N) is 1. The Bertz CT molecular complexity index is 674. The van der Waals surface area contributed by atoms with E-state index in [2.05, 4.69) is 10.3 Å². The Balaban J connectivity index is 2.35. The van der Waals surface area contributed by atoms with E-state index >= 15 is 0 Å². The zero-order valence-electron chi connectivity index (χ0n) is 11.9. The highest BCUT2D eigenvalue weighted by Crippen LogP contribution is 2.36. The van der Waals surface area contributed by atoms with E-state index in [9.17, 15) is 4.79 Å². The van der Waals surface area contributed by atoms with Crippen molar-refractivity contribution in [2.24, 2.45) is 0 Å². The second-order valence-electron chi connectivity index (χ2n) is 4.28. The molecule has 1 aromatic heterocycles. The van der Waals surface area contributed by atoms with E-state index in [0.29, 0.717) is 33.5 Å². The van der Waals surface area contributed by atoms with Gasteiger partial charge in [0.2, 0.25) is 0 Å². The zero-order valence-corrected chi connectivity index (χ0v) is 12.7. The predicted octanol–water partition coefficient (Wildman–Crippen LogP) is 3.31. The molecule has 0 saturated heterocycles. The van der Waals surface area contributed by atoms with Crippen LogP contribution in [0.2, 0.25) is 5.02 Å². The molecule has 0 saturated carbocycles. The molecule has 110 valence electrons. The van der Waals surface area contributed by atoms with Gasteiger partial charge in [0.25, 0.3) is 5.91 Å². The van der Waals surface area contributed by atoms with Gasteiger partial charge in [0.05, 0.1) is 30.5 Å². The van der Waals surface area contributed by atoms with Crippen molar-refractivity contribution < 1.29 is 14.3 Å². The normalized spacial score (nSPS) is 10.1. The number of aryl methyl sites for hydroxylation is 1. The second-order valence-corrected chi connectivity index (χ2v) is 4.68.